The van der Waals surface area contributed by atoms with Crippen molar-refractivity contribution in [1.82, 2.24) is 5.32 Å². The summed E-state index contributed by atoms with van der Waals surface area (Å²) in [6.07, 6.45) is 13.8. The van der Waals surface area contributed by atoms with Gasteiger partial charge in [-0.25, -0.2) is 0 Å². The fourth-order valence-corrected chi connectivity index (χ4v) is 3.60. The van der Waals surface area contributed by atoms with Gasteiger partial charge in [-0.2, -0.15) is 0 Å². The number of hydrogen-bond acceptors (Lipinski definition) is 2. The largest absolute Gasteiger partial charge is 0.296 e. The molecule has 0 aromatic rings. The lowest BCUT2D eigenvalue weighted by atomic mass is 9.75. The van der Waals surface area contributed by atoms with Crippen LogP contribution in [0.1, 0.15) is 83.5 Å². The molecule has 1 saturated carbocycles. The number of hydrogen-bond donors (Lipinski definition) is 1. The maximum absolute atomic E-state index is 12.6. The maximum atomic E-state index is 12.6. The highest BCUT2D eigenvalue weighted by atomic mass is 16.2. The molecular formula is C16H27NO2. The summed E-state index contributed by atoms with van der Waals surface area (Å²) in [6.45, 7) is 0. The van der Waals surface area contributed by atoms with E-state index in [0.29, 0.717) is 6.42 Å². The first-order valence-electron chi connectivity index (χ1n) is 8.07. The summed E-state index contributed by atoms with van der Waals surface area (Å²) in [6, 6.07) is 0. The van der Waals surface area contributed by atoms with Gasteiger partial charge in [0.15, 0.2) is 0 Å². The van der Waals surface area contributed by atoms with Crippen LogP contribution in [0.2, 0.25) is 0 Å². The average Bonchev–Trinajstić information content (AvgIpc) is 2.64. The minimum atomic E-state index is -0.240. The topological polar surface area (TPSA) is 46.2 Å². The van der Waals surface area contributed by atoms with Gasteiger partial charge in [0.05, 0.1) is 0 Å². The van der Waals surface area contributed by atoms with Gasteiger partial charge in [-0.15, -0.1) is 0 Å². The number of carbonyl (C=O) groups excluding carboxylic acids is 2. The summed E-state index contributed by atoms with van der Waals surface area (Å²) in [5.41, 5.74) is -0.240. The lowest BCUT2D eigenvalue weighted by Gasteiger charge is -2.31. The second kappa shape index (κ2) is 7.06. The van der Waals surface area contributed by atoms with Crippen molar-refractivity contribution >= 4 is 11.8 Å². The number of amides is 2. The van der Waals surface area contributed by atoms with Crippen LogP contribution in [0.5, 0.6) is 0 Å². The van der Waals surface area contributed by atoms with E-state index >= 15 is 0 Å². The van der Waals surface area contributed by atoms with Crippen molar-refractivity contribution < 1.29 is 9.59 Å². The van der Waals surface area contributed by atoms with Crippen molar-refractivity contribution in [2.45, 2.75) is 83.5 Å². The number of rotatable bonds is 0. The van der Waals surface area contributed by atoms with Crippen LogP contribution < -0.4 is 5.32 Å². The van der Waals surface area contributed by atoms with Crippen molar-refractivity contribution in [3.8, 4) is 0 Å². The first-order valence-corrected chi connectivity index (χ1v) is 8.07. The zero-order chi connectivity index (χ0) is 13.6. The summed E-state index contributed by atoms with van der Waals surface area (Å²) in [7, 11) is 0. The summed E-state index contributed by atoms with van der Waals surface area (Å²) in [4.78, 5) is 24.4. The lowest BCUT2D eigenvalue weighted by Crippen LogP contribution is -2.43. The minimum absolute atomic E-state index is 0.0290. The SMILES string of the molecule is O=C1CCCCCCCC2(CCCCCC2)C(=O)N1. The molecule has 1 aliphatic heterocycles. The zero-order valence-corrected chi connectivity index (χ0v) is 12.0. The van der Waals surface area contributed by atoms with Crippen molar-refractivity contribution in [1.29, 1.82) is 0 Å². The summed E-state index contributed by atoms with van der Waals surface area (Å²) < 4.78 is 0. The Labute approximate surface area is 116 Å². The van der Waals surface area contributed by atoms with Crippen LogP contribution in [0.4, 0.5) is 0 Å². The fourth-order valence-electron chi connectivity index (χ4n) is 3.60. The minimum Gasteiger partial charge on any atom is -0.296 e. The molecule has 0 bridgehead atoms. The molecule has 2 aliphatic rings. The molecule has 0 aromatic heterocycles. The van der Waals surface area contributed by atoms with E-state index in [1.165, 1.54) is 25.7 Å². The molecule has 2 amide bonds. The molecule has 19 heavy (non-hydrogen) atoms. The quantitative estimate of drug-likeness (QED) is 0.679. The Balaban J connectivity index is 2.10. The highest BCUT2D eigenvalue weighted by molar-refractivity contribution is 5.98. The monoisotopic (exact) mass is 265 g/mol. The van der Waals surface area contributed by atoms with Crippen LogP contribution in [-0.4, -0.2) is 11.8 Å². The van der Waals surface area contributed by atoms with Crippen LogP contribution in [0, 0.1) is 5.41 Å². The fraction of sp³-hybridized carbons (Fsp3) is 0.875. The predicted molar refractivity (Wildman–Crippen MR) is 75.6 cm³/mol. The second-order valence-electron chi connectivity index (χ2n) is 6.34. The summed E-state index contributed by atoms with van der Waals surface area (Å²) in [5.74, 6) is -0.0307. The van der Waals surface area contributed by atoms with Crippen LogP contribution in [0.25, 0.3) is 0 Å². The van der Waals surface area contributed by atoms with Gasteiger partial charge < -0.3 is 0 Å². The highest BCUT2D eigenvalue weighted by Gasteiger charge is 2.38. The summed E-state index contributed by atoms with van der Waals surface area (Å²) >= 11 is 0. The van der Waals surface area contributed by atoms with Gasteiger partial charge in [-0.1, -0.05) is 51.4 Å². The molecule has 0 aromatic carbocycles. The second-order valence-corrected chi connectivity index (χ2v) is 6.34. The maximum Gasteiger partial charge on any atom is 0.232 e. The molecule has 1 aliphatic carbocycles. The molecule has 0 unspecified atom stereocenters. The molecule has 0 atom stereocenters. The smallest absolute Gasteiger partial charge is 0.232 e. The van der Waals surface area contributed by atoms with E-state index in [9.17, 15) is 9.59 Å². The van der Waals surface area contributed by atoms with E-state index in [1.54, 1.807) is 0 Å². The van der Waals surface area contributed by atoms with Crippen molar-refractivity contribution in [3.63, 3.8) is 0 Å². The third kappa shape index (κ3) is 4.05. The Morgan fingerprint density at radius 2 is 1.16 bits per heavy atom. The van der Waals surface area contributed by atoms with Crippen molar-refractivity contribution in [3.05, 3.63) is 0 Å². The predicted octanol–water partition coefficient (Wildman–Crippen LogP) is 3.71. The van der Waals surface area contributed by atoms with Gasteiger partial charge in [0.25, 0.3) is 0 Å². The molecule has 2 rings (SSSR count). The standard InChI is InChI=1S/C16H27NO2/c18-14-10-6-2-1-3-7-11-16(15(19)17-14)12-8-4-5-9-13-16/h1-13H2,(H,17,18,19). The lowest BCUT2D eigenvalue weighted by molar-refractivity contribution is -0.138. The van der Waals surface area contributed by atoms with E-state index in [1.807, 2.05) is 0 Å². The molecule has 1 N–H and O–H groups in total. The summed E-state index contributed by atoms with van der Waals surface area (Å²) in [5, 5.41) is 2.69. The first-order chi connectivity index (χ1) is 9.23. The van der Waals surface area contributed by atoms with Crippen LogP contribution in [0.3, 0.4) is 0 Å². The van der Waals surface area contributed by atoms with Gasteiger partial charge in [0.2, 0.25) is 11.8 Å². The molecule has 0 radical (unpaired) electrons. The number of imide groups is 1. The Morgan fingerprint density at radius 3 is 1.74 bits per heavy atom. The normalized spacial score (nSPS) is 26.3. The molecule has 108 valence electrons. The van der Waals surface area contributed by atoms with Gasteiger partial charge in [-0.05, 0) is 25.7 Å². The average molecular weight is 265 g/mol. The van der Waals surface area contributed by atoms with Crippen molar-refractivity contribution in [2.75, 3.05) is 0 Å². The highest BCUT2D eigenvalue weighted by Crippen LogP contribution is 2.40. The van der Waals surface area contributed by atoms with Gasteiger partial charge >= 0.3 is 0 Å². The molecular weight excluding hydrogens is 238 g/mol. The van der Waals surface area contributed by atoms with Gasteiger partial charge in [-0.3, -0.25) is 14.9 Å². The zero-order valence-electron chi connectivity index (χ0n) is 12.0. The van der Waals surface area contributed by atoms with E-state index in [2.05, 4.69) is 5.32 Å². The van der Waals surface area contributed by atoms with Crippen LogP contribution in [-0.2, 0) is 9.59 Å². The van der Waals surface area contributed by atoms with E-state index in [-0.39, 0.29) is 17.2 Å². The van der Waals surface area contributed by atoms with Crippen molar-refractivity contribution in [2.24, 2.45) is 5.41 Å². The molecule has 3 nitrogen and oxygen atoms in total. The third-order valence-corrected chi connectivity index (χ3v) is 4.85. The molecule has 1 heterocycles. The third-order valence-electron chi connectivity index (χ3n) is 4.85. The Morgan fingerprint density at radius 1 is 0.684 bits per heavy atom. The van der Waals surface area contributed by atoms with E-state index in [0.717, 1.165) is 51.4 Å². The first kappa shape index (κ1) is 14.5. The van der Waals surface area contributed by atoms with Crippen LogP contribution in [0.15, 0.2) is 0 Å². The van der Waals surface area contributed by atoms with Crippen LogP contribution >= 0.6 is 0 Å². The van der Waals surface area contributed by atoms with Gasteiger partial charge in [0.1, 0.15) is 0 Å². The molecule has 3 heteroatoms. The van der Waals surface area contributed by atoms with E-state index in [4.69, 9.17) is 0 Å². The number of nitrogens with one attached hydrogen (secondary N) is 1. The van der Waals surface area contributed by atoms with E-state index < -0.39 is 0 Å². The molecule has 1 saturated heterocycles. The Bertz CT molecular complexity index is 317. The molecule has 2 fully saturated rings. The Hall–Kier alpha value is -0.860. The molecule has 1 spiro atoms. The Kier molecular flexibility index (Phi) is 5.41. The van der Waals surface area contributed by atoms with Gasteiger partial charge in [0, 0.05) is 11.8 Å². The number of carbonyl (C=O) groups is 2.